The first-order chi connectivity index (χ1) is 14.3. The topological polar surface area (TPSA) is 39.1 Å². The van der Waals surface area contributed by atoms with Gasteiger partial charge in [-0.1, -0.05) is 48.0 Å². The molecule has 0 aliphatic rings. The van der Waals surface area contributed by atoms with Crippen LogP contribution in [-0.2, 0) is 17.5 Å². The smallest absolute Gasteiger partial charge is 0.307 e. The molecule has 2 aromatic heterocycles. The third kappa shape index (κ3) is 3.55. The van der Waals surface area contributed by atoms with E-state index < -0.39 is 22.3 Å². The number of aromatic nitrogens is 1. The molecular formula is C22H13ClF3NO2S. The van der Waals surface area contributed by atoms with Crippen molar-refractivity contribution >= 4 is 39.3 Å². The summed E-state index contributed by atoms with van der Waals surface area (Å²) in [5.74, 6) is 0. The van der Waals surface area contributed by atoms with Crippen LogP contribution < -0.4 is 5.56 Å². The molecule has 0 amide bonds. The maximum atomic E-state index is 13.3. The second-order valence-electron chi connectivity index (χ2n) is 6.58. The van der Waals surface area contributed by atoms with Crippen LogP contribution in [0.2, 0.25) is 5.02 Å². The fourth-order valence-corrected chi connectivity index (χ4v) is 4.67. The average molecular weight is 448 g/mol. The van der Waals surface area contributed by atoms with Gasteiger partial charge in [-0.3, -0.25) is 4.79 Å². The largest absolute Gasteiger partial charge is 0.417 e. The Balaban J connectivity index is 2.03. The van der Waals surface area contributed by atoms with Gasteiger partial charge in [0.05, 0.1) is 22.5 Å². The van der Waals surface area contributed by atoms with Gasteiger partial charge in [0.1, 0.15) is 6.29 Å². The summed E-state index contributed by atoms with van der Waals surface area (Å²) in [6.07, 6.45) is -2.40. The van der Waals surface area contributed by atoms with Crippen molar-refractivity contribution in [3.05, 3.63) is 81.0 Å². The molecule has 0 unspecified atom stereocenters. The minimum atomic E-state index is -4.62. The number of hydrogen-bond acceptors (Lipinski definition) is 3. The van der Waals surface area contributed by atoms with Crippen molar-refractivity contribution in [3.63, 3.8) is 0 Å². The van der Waals surface area contributed by atoms with E-state index in [9.17, 15) is 22.8 Å². The Morgan fingerprint density at radius 3 is 2.43 bits per heavy atom. The van der Waals surface area contributed by atoms with Crippen LogP contribution >= 0.6 is 22.9 Å². The number of carbonyl (C=O) groups excluding carboxylic acids is 1. The van der Waals surface area contributed by atoms with Crippen molar-refractivity contribution < 1.29 is 18.0 Å². The molecule has 0 fully saturated rings. The first-order valence-corrected chi connectivity index (χ1v) is 10.1. The van der Waals surface area contributed by atoms with Crippen LogP contribution in [0.4, 0.5) is 13.2 Å². The van der Waals surface area contributed by atoms with Crippen LogP contribution in [0.3, 0.4) is 0 Å². The van der Waals surface area contributed by atoms with E-state index in [0.29, 0.717) is 16.5 Å². The Morgan fingerprint density at radius 1 is 1.03 bits per heavy atom. The number of nitrogens with zero attached hydrogens (tertiary/aromatic N) is 1. The van der Waals surface area contributed by atoms with E-state index in [1.807, 2.05) is 30.3 Å². The number of halogens is 4. The van der Waals surface area contributed by atoms with Crippen molar-refractivity contribution in [2.24, 2.45) is 0 Å². The highest BCUT2D eigenvalue weighted by Gasteiger charge is 2.33. The molecule has 0 aliphatic heterocycles. The number of benzene rings is 2. The molecule has 0 bridgehead atoms. The highest BCUT2D eigenvalue weighted by atomic mass is 35.5. The van der Waals surface area contributed by atoms with Crippen LogP contribution in [0.25, 0.3) is 32.3 Å². The molecule has 0 spiro atoms. The Bertz CT molecular complexity index is 1310. The minimum absolute atomic E-state index is 0.154. The van der Waals surface area contributed by atoms with E-state index in [-0.39, 0.29) is 17.5 Å². The van der Waals surface area contributed by atoms with E-state index in [2.05, 4.69) is 0 Å². The van der Waals surface area contributed by atoms with E-state index in [0.717, 1.165) is 17.2 Å². The standard InChI is InChI=1S/C22H13ClF3NO2S/c23-18-7-6-14(10-17(18)22(24,25)26)16-12-30-20-15(13-4-2-1-3-5-13)11-27(8-9-28)21(29)19(16)20/h1-7,9-12H,8H2. The van der Waals surface area contributed by atoms with Gasteiger partial charge in [0.2, 0.25) is 0 Å². The quantitative estimate of drug-likeness (QED) is 0.346. The molecular weight excluding hydrogens is 435 g/mol. The molecule has 0 radical (unpaired) electrons. The summed E-state index contributed by atoms with van der Waals surface area (Å²) in [4.78, 5) is 24.2. The van der Waals surface area contributed by atoms with Crippen LogP contribution in [0, 0.1) is 0 Å². The Labute approximate surface area is 178 Å². The minimum Gasteiger partial charge on any atom is -0.307 e. The van der Waals surface area contributed by atoms with Gasteiger partial charge in [-0.05, 0) is 23.3 Å². The van der Waals surface area contributed by atoms with Crippen LogP contribution in [0.1, 0.15) is 5.56 Å². The maximum Gasteiger partial charge on any atom is 0.417 e. The molecule has 30 heavy (non-hydrogen) atoms. The van der Waals surface area contributed by atoms with Crippen molar-refractivity contribution in [1.82, 2.24) is 4.57 Å². The number of pyridine rings is 1. The molecule has 4 rings (SSSR count). The van der Waals surface area contributed by atoms with Crippen LogP contribution in [-0.4, -0.2) is 10.9 Å². The van der Waals surface area contributed by atoms with Gasteiger partial charge in [-0.25, -0.2) is 0 Å². The fraction of sp³-hybridized carbons (Fsp3) is 0.0909. The van der Waals surface area contributed by atoms with Crippen LogP contribution in [0.15, 0.2) is 64.9 Å². The lowest BCUT2D eigenvalue weighted by Crippen LogP contribution is -2.20. The summed E-state index contributed by atoms with van der Waals surface area (Å²) in [6.45, 7) is -0.154. The number of thiophene rings is 1. The normalized spacial score (nSPS) is 11.7. The molecule has 0 atom stereocenters. The van der Waals surface area contributed by atoms with Gasteiger partial charge in [-0.15, -0.1) is 11.3 Å². The van der Waals surface area contributed by atoms with Gasteiger partial charge < -0.3 is 9.36 Å². The number of alkyl halides is 3. The van der Waals surface area contributed by atoms with E-state index in [1.165, 1.54) is 28.0 Å². The highest BCUT2D eigenvalue weighted by Crippen LogP contribution is 2.41. The number of fused-ring (bicyclic) bond motifs is 1. The summed E-state index contributed by atoms with van der Waals surface area (Å²) >= 11 is 7.01. The van der Waals surface area contributed by atoms with Gasteiger partial charge in [0.15, 0.2) is 0 Å². The third-order valence-electron chi connectivity index (χ3n) is 4.73. The summed E-state index contributed by atoms with van der Waals surface area (Å²) < 4.78 is 41.9. The molecule has 0 saturated carbocycles. The lowest BCUT2D eigenvalue weighted by atomic mass is 10.00. The number of carbonyl (C=O) groups is 1. The summed E-state index contributed by atoms with van der Waals surface area (Å²) in [6, 6.07) is 12.9. The maximum absolute atomic E-state index is 13.3. The van der Waals surface area contributed by atoms with Crippen molar-refractivity contribution in [2.75, 3.05) is 0 Å². The summed E-state index contributed by atoms with van der Waals surface area (Å²) in [5.41, 5.74) is 0.776. The van der Waals surface area contributed by atoms with Crippen molar-refractivity contribution in [2.45, 2.75) is 12.7 Å². The van der Waals surface area contributed by atoms with E-state index in [1.54, 1.807) is 11.6 Å². The molecule has 2 heterocycles. The zero-order valence-corrected chi connectivity index (χ0v) is 16.8. The van der Waals surface area contributed by atoms with Gasteiger partial charge >= 0.3 is 6.18 Å². The van der Waals surface area contributed by atoms with E-state index in [4.69, 9.17) is 11.6 Å². The Hall–Kier alpha value is -2.90. The zero-order chi connectivity index (χ0) is 21.5. The molecule has 8 heteroatoms. The molecule has 152 valence electrons. The highest BCUT2D eigenvalue weighted by molar-refractivity contribution is 7.18. The average Bonchev–Trinajstić information content (AvgIpc) is 3.16. The molecule has 4 aromatic rings. The monoisotopic (exact) mass is 447 g/mol. The first kappa shape index (κ1) is 20.4. The molecule has 0 N–H and O–H groups in total. The molecule has 0 aliphatic carbocycles. The van der Waals surface area contributed by atoms with Crippen molar-refractivity contribution in [3.8, 4) is 22.3 Å². The van der Waals surface area contributed by atoms with Crippen molar-refractivity contribution in [1.29, 1.82) is 0 Å². The predicted octanol–water partition coefficient (Wildman–Crippen LogP) is 6.27. The van der Waals surface area contributed by atoms with Gasteiger partial charge in [0, 0.05) is 27.4 Å². The third-order valence-corrected chi connectivity index (χ3v) is 6.08. The van der Waals surface area contributed by atoms with Gasteiger partial charge in [0.25, 0.3) is 5.56 Å². The molecule has 2 aromatic carbocycles. The SMILES string of the molecule is O=CCn1cc(-c2ccccc2)c2scc(-c3ccc(Cl)c(C(F)(F)F)c3)c2c1=O. The van der Waals surface area contributed by atoms with Gasteiger partial charge in [-0.2, -0.15) is 13.2 Å². The van der Waals surface area contributed by atoms with E-state index >= 15 is 0 Å². The Kier molecular flexibility index (Phi) is 5.26. The lowest BCUT2D eigenvalue weighted by molar-refractivity contribution is -0.137. The second-order valence-corrected chi connectivity index (χ2v) is 7.87. The van der Waals surface area contributed by atoms with Crippen LogP contribution in [0.5, 0.6) is 0 Å². The number of rotatable bonds is 4. The Morgan fingerprint density at radius 2 is 1.77 bits per heavy atom. The number of hydrogen-bond donors (Lipinski definition) is 0. The summed E-state index contributed by atoms with van der Waals surface area (Å²) in [7, 11) is 0. The number of aldehydes is 1. The predicted molar refractivity (Wildman–Crippen MR) is 113 cm³/mol. The first-order valence-electron chi connectivity index (χ1n) is 8.82. The molecule has 0 saturated heterocycles. The molecule has 3 nitrogen and oxygen atoms in total. The summed E-state index contributed by atoms with van der Waals surface area (Å²) in [5, 5.41) is 1.53. The second kappa shape index (κ2) is 7.74. The fourth-order valence-electron chi connectivity index (χ4n) is 3.35. The zero-order valence-electron chi connectivity index (χ0n) is 15.2. The lowest BCUT2D eigenvalue weighted by Gasteiger charge is -2.12.